The molecule has 4 heteroatoms. The van der Waals surface area contributed by atoms with E-state index in [9.17, 15) is 9.90 Å². The molecule has 0 aromatic rings. The van der Waals surface area contributed by atoms with Crippen LogP contribution >= 0.6 is 0 Å². The Morgan fingerprint density at radius 2 is 2.16 bits per heavy atom. The molecule has 0 amide bonds. The average molecular weight is 270 g/mol. The lowest BCUT2D eigenvalue weighted by atomic mass is 9.84. The molecule has 1 aliphatic heterocycles. The molecule has 112 valence electrons. The fraction of sp³-hybridized carbons (Fsp3) is 0.933. The van der Waals surface area contributed by atoms with Crippen LogP contribution < -0.4 is 5.32 Å². The topological polar surface area (TPSA) is 52.6 Å². The van der Waals surface area contributed by atoms with Crippen molar-refractivity contribution in [3.63, 3.8) is 0 Å². The van der Waals surface area contributed by atoms with Gasteiger partial charge in [0.05, 0.1) is 0 Å². The van der Waals surface area contributed by atoms with Crippen molar-refractivity contribution in [2.45, 2.75) is 58.9 Å². The quantitative estimate of drug-likeness (QED) is 0.745. The summed E-state index contributed by atoms with van der Waals surface area (Å²) in [6, 6.07) is 0. The lowest BCUT2D eigenvalue weighted by Gasteiger charge is -2.38. The Bertz CT molecular complexity index is 305. The monoisotopic (exact) mass is 270 g/mol. The Morgan fingerprint density at radius 1 is 1.47 bits per heavy atom. The predicted molar refractivity (Wildman–Crippen MR) is 78.4 cm³/mol. The number of hydrogen-bond acceptors (Lipinski definition) is 3. The summed E-state index contributed by atoms with van der Waals surface area (Å²) in [5, 5.41) is 12.4. The van der Waals surface area contributed by atoms with Crippen LogP contribution in [0.1, 0.15) is 53.4 Å². The van der Waals surface area contributed by atoms with Crippen molar-refractivity contribution >= 4 is 5.97 Å². The van der Waals surface area contributed by atoms with Gasteiger partial charge in [-0.15, -0.1) is 0 Å². The number of aliphatic carboxylic acids is 1. The number of piperidine rings is 1. The van der Waals surface area contributed by atoms with Gasteiger partial charge in [-0.05, 0) is 57.7 Å². The summed E-state index contributed by atoms with van der Waals surface area (Å²) in [7, 11) is 0. The number of carbonyl (C=O) groups is 1. The van der Waals surface area contributed by atoms with E-state index in [1.165, 1.54) is 12.8 Å². The highest BCUT2D eigenvalue weighted by Crippen LogP contribution is 2.28. The van der Waals surface area contributed by atoms with Crippen LogP contribution in [0.2, 0.25) is 0 Å². The molecule has 1 unspecified atom stereocenters. The summed E-state index contributed by atoms with van der Waals surface area (Å²) >= 11 is 0. The van der Waals surface area contributed by atoms with Crippen molar-refractivity contribution in [3.05, 3.63) is 0 Å². The first kappa shape index (κ1) is 16.4. The first-order valence-corrected chi connectivity index (χ1v) is 7.50. The maximum Gasteiger partial charge on any atom is 0.323 e. The van der Waals surface area contributed by atoms with Gasteiger partial charge in [-0.25, -0.2) is 0 Å². The van der Waals surface area contributed by atoms with Crippen LogP contribution in [-0.4, -0.2) is 47.7 Å². The van der Waals surface area contributed by atoms with Crippen molar-refractivity contribution in [1.82, 2.24) is 10.2 Å². The molecular weight excluding hydrogens is 240 g/mol. The van der Waals surface area contributed by atoms with Crippen LogP contribution in [0.3, 0.4) is 0 Å². The van der Waals surface area contributed by atoms with Crippen LogP contribution in [-0.2, 0) is 4.79 Å². The average Bonchev–Trinajstić information content (AvgIpc) is 2.27. The van der Waals surface area contributed by atoms with Crippen molar-refractivity contribution < 1.29 is 9.90 Å². The Kier molecular flexibility index (Phi) is 5.81. The molecule has 0 radical (unpaired) electrons. The summed E-state index contributed by atoms with van der Waals surface area (Å²) in [5.74, 6) is -0.742. The number of nitrogens with one attached hydrogen (secondary N) is 1. The standard InChI is InChI=1S/C15H30N2O2/c1-5-16-15(4,13(18)19)9-7-11-17-10-6-8-14(2,3)12-17/h16H,5-12H2,1-4H3,(H,18,19). The van der Waals surface area contributed by atoms with Crippen LogP contribution in [0.4, 0.5) is 0 Å². The third kappa shape index (κ3) is 5.11. The molecule has 1 fully saturated rings. The van der Waals surface area contributed by atoms with Gasteiger partial charge in [-0.2, -0.15) is 0 Å². The second kappa shape index (κ2) is 6.71. The molecule has 0 aromatic heterocycles. The van der Waals surface area contributed by atoms with Crippen LogP contribution in [0.25, 0.3) is 0 Å². The number of likely N-dealkylation sites (N-methyl/N-ethyl adjacent to an activating group) is 1. The van der Waals surface area contributed by atoms with E-state index in [2.05, 4.69) is 24.1 Å². The minimum atomic E-state index is -0.778. The van der Waals surface area contributed by atoms with Crippen LogP contribution in [0, 0.1) is 5.41 Å². The number of carboxylic acid groups (broad SMARTS) is 1. The summed E-state index contributed by atoms with van der Waals surface area (Å²) in [6.45, 7) is 12.4. The largest absolute Gasteiger partial charge is 0.480 e. The highest BCUT2D eigenvalue weighted by atomic mass is 16.4. The molecule has 2 N–H and O–H groups in total. The first-order valence-electron chi connectivity index (χ1n) is 7.50. The lowest BCUT2D eigenvalue weighted by molar-refractivity contribution is -0.144. The van der Waals surface area contributed by atoms with E-state index in [0.29, 0.717) is 18.4 Å². The Morgan fingerprint density at radius 3 is 2.68 bits per heavy atom. The summed E-state index contributed by atoms with van der Waals surface area (Å²) in [5.41, 5.74) is -0.365. The smallest absolute Gasteiger partial charge is 0.323 e. The molecule has 1 atom stereocenters. The van der Waals surface area contributed by atoms with Gasteiger partial charge in [0.25, 0.3) is 0 Å². The maximum absolute atomic E-state index is 11.3. The molecule has 0 bridgehead atoms. The highest BCUT2D eigenvalue weighted by molar-refractivity contribution is 5.78. The molecule has 0 aromatic carbocycles. The molecule has 0 saturated carbocycles. The van der Waals surface area contributed by atoms with E-state index in [1.807, 2.05) is 6.92 Å². The summed E-state index contributed by atoms with van der Waals surface area (Å²) in [6.07, 6.45) is 4.18. The Hall–Kier alpha value is -0.610. The number of carboxylic acids is 1. The van der Waals surface area contributed by atoms with Gasteiger partial charge in [0, 0.05) is 6.54 Å². The molecule has 0 aliphatic carbocycles. The van der Waals surface area contributed by atoms with Crippen LogP contribution in [0.5, 0.6) is 0 Å². The van der Waals surface area contributed by atoms with Gasteiger partial charge in [0.15, 0.2) is 0 Å². The van der Waals surface area contributed by atoms with Crippen molar-refractivity contribution in [3.8, 4) is 0 Å². The fourth-order valence-electron chi connectivity index (χ4n) is 3.05. The highest BCUT2D eigenvalue weighted by Gasteiger charge is 2.32. The zero-order chi connectivity index (χ0) is 14.5. The molecule has 0 spiro atoms. The van der Waals surface area contributed by atoms with Gasteiger partial charge < -0.3 is 15.3 Å². The third-order valence-corrected chi connectivity index (χ3v) is 4.17. The second-order valence-corrected chi connectivity index (χ2v) is 6.82. The molecule has 19 heavy (non-hydrogen) atoms. The number of likely N-dealkylation sites (tertiary alicyclic amines) is 1. The maximum atomic E-state index is 11.3. The van der Waals surface area contributed by atoms with E-state index >= 15 is 0 Å². The second-order valence-electron chi connectivity index (χ2n) is 6.82. The summed E-state index contributed by atoms with van der Waals surface area (Å²) in [4.78, 5) is 13.8. The van der Waals surface area contributed by atoms with Crippen molar-refractivity contribution in [2.24, 2.45) is 5.41 Å². The molecule has 1 aliphatic rings. The van der Waals surface area contributed by atoms with Crippen molar-refractivity contribution in [2.75, 3.05) is 26.2 Å². The minimum absolute atomic E-state index is 0.413. The van der Waals surface area contributed by atoms with Gasteiger partial charge >= 0.3 is 5.97 Å². The fourth-order valence-corrected chi connectivity index (χ4v) is 3.05. The van der Waals surface area contributed by atoms with Gasteiger partial charge in [0.2, 0.25) is 0 Å². The normalized spacial score (nSPS) is 22.9. The summed E-state index contributed by atoms with van der Waals surface area (Å²) < 4.78 is 0. The molecule has 1 heterocycles. The van der Waals surface area contributed by atoms with Gasteiger partial charge in [-0.1, -0.05) is 20.8 Å². The first-order chi connectivity index (χ1) is 8.79. The van der Waals surface area contributed by atoms with E-state index < -0.39 is 11.5 Å². The Labute approximate surface area is 117 Å². The minimum Gasteiger partial charge on any atom is -0.480 e. The molecular formula is C15H30N2O2. The van der Waals surface area contributed by atoms with Gasteiger partial charge in [-0.3, -0.25) is 4.79 Å². The molecule has 4 nitrogen and oxygen atoms in total. The van der Waals surface area contributed by atoms with E-state index in [4.69, 9.17) is 0 Å². The van der Waals surface area contributed by atoms with E-state index in [-0.39, 0.29) is 0 Å². The van der Waals surface area contributed by atoms with Gasteiger partial charge in [0.1, 0.15) is 5.54 Å². The third-order valence-electron chi connectivity index (χ3n) is 4.17. The molecule has 1 rings (SSSR count). The number of hydrogen-bond donors (Lipinski definition) is 2. The zero-order valence-electron chi connectivity index (χ0n) is 13.0. The predicted octanol–water partition coefficient (Wildman–Crippen LogP) is 2.34. The SMILES string of the molecule is CCNC(C)(CCCN1CCCC(C)(C)C1)C(=O)O. The molecule has 1 saturated heterocycles. The lowest BCUT2D eigenvalue weighted by Crippen LogP contribution is -2.50. The van der Waals surface area contributed by atoms with E-state index in [0.717, 1.165) is 26.1 Å². The number of nitrogens with zero attached hydrogens (tertiary/aromatic N) is 1. The van der Waals surface area contributed by atoms with Crippen molar-refractivity contribution in [1.29, 1.82) is 0 Å². The Balaban J connectivity index is 2.38. The van der Waals surface area contributed by atoms with E-state index in [1.54, 1.807) is 6.92 Å². The number of rotatable bonds is 7. The zero-order valence-corrected chi connectivity index (χ0v) is 13.0. The van der Waals surface area contributed by atoms with Crippen LogP contribution in [0.15, 0.2) is 0 Å².